The van der Waals surface area contributed by atoms with Crippen LogP contribution in [0.1, 0.15) is 26.2 Å². The minimum atomic E-state index is -0.336. The van der Waals surface area contributed by atoms with Gasteiger partial charge in [0.1, 0.15) is 5.78 Å². The molecule has 0 bridgehead atoms. The molecular weight excluding hydrogens is 114 g/mol. The minimum absolute atomic E-state index is 0.235. The molecule has 2 nitrogen and oxygen atoms in total. The van der Waals surface area contributed by atoms with Gasteiger partial charge in [-0.25, -0.2) is 0 Å². The van der Waals surface area contributed by atoms with Gasteiger partial charge < -0.3 is 0 Å². The summed E-state index contributed by atoms with van der Waals surface area (Å²) in [6, 6.07) is 2.15. The first-order valence-electron chi connectivity index (χ1n) is 3.09. The average molecular weight is 123 g/mol. The summed E-state index contributed by atoms with van der Waals surface area (Å²) < 4.78 is 0. The molecule has 2 heteroatoms. The fourth-order valence-corrected chi connectivity index (χ4v) is 1.12. The van der Waals surface area contributed by atoms with Crippen molar-refractivity contribution in [3.8, 4) is 6.07 Å². The molecule has 0 radical (unpaired) electrons. The third-order valence-electron chi connectivity index (χ3n) is 1.81. The fraction of sp³-hybridized carbons (Fsp3) is 0.714. The Morgan fingerprint density at radius 2 is 2.44 bits per heavy atom. The molecule has 1 fully saturated rings. The average Bonchev–Trinajstić information content (AvgIpc) is 2.13. The number of hydrogen-bond acceptors (Lipinski definition) is 2. The first-order chi connectivity index (χ1) is 4.16. The first-order valence-corrected chi connectivity index (χ1v) is 3.09. The number of Topliss-reactive ketones (excluding diaryl/α,β-unsaturated/α-hetero) is 1. The van der Waals surface area contributed by atoms with E-state index in [1.54, 1.807) is 0 Å². The topological polar surface area (TPSA) is 40.9 Å². The van der Waals surface area contributed by atoms with Crippen molar-refractivity contribution >= 4 is 5.78 Å². The Morgan fingerprint density at radius 1 is 1.78 bits per heavy atom. The lowest BCUT2D eigenvalue weighted by Crippen LogP contribution is -2.07. The van der Waals surface area contributed by atoms with E-state index in [0.29, 0.717) is 12.8 Å². The molecule has 1 atom stereocenters. The van der Waals surface area contributed by atoms with Gasteiger partial charge >= 0.3 is 0 Å². The molecule has 0 spiro atoms. The fourth-order valence-electron chi connectivity index (χ4n) is 1.12. The zero-order valence-corrected chi connectivity index (χ0v) is 5.48. The molecular formula is C7H9NO. The van der Waals surface area contributed by atoms with Crippen LogP contribution in [0.2, 0.25) is 0 Å². The number of nitriles is 1. The van der Waals surface area contributed by atoms with E-state index < -0.39 is 0 Å². The maximum Gasteiger partial charge on any atom is 0.134 e. The Morgan fingerprint density at radius 3 is 2.67 bits per heavy atom. The molecule has 0 aromatic rings. The van der Waals surface area contributed by atoms with Gasteiger partial charge in [0.25, 0.3) is 0 Å². The quantitative estimate of drug-likeness (QED) is 0.486. The summed E-state index contributed by atoms with van der Waals surface area (Å²) in [4.78, 5) is 10.7. The van der Waals surface area contributed by atoms with Crippen molar-refractivity contribution in [1.82, 2.24) is 0 Å². The number of nitrogens with zero attached hydrogens (tertiary/aromatic N) is 1. The van der Waals surface area contributed by atoms with Crippen LogP contribution in [0, 0.1) is 16.7 Å². The van der Waals surface area contributed by atoms with Crippen molar-refractivity contribution < 1.29 is 4.79 Å². The first kappa shape index (κ1) is 6.28. The molecule has 0 aromatic heterocycles. The maximum atomic E-state index is 10.7. The number of carbonyl (C=O) groups is 1. The summed E-state index contributed by atoms with van der Waals surface area (Å²) in [6.45, 7) is 1.85. The number of hydrogen-bond donors (Lipinski definition) is 0. The minimum Gasteiger partial charge on any atom is -0.300 e. The van der Waals surface area contributed by atoms with Crippen LogP contribution < -0.4 is 0 Å². The zero-order valence-electron chi connectivity index (χ0n) is 5.48. The van der Waals surface area contributed by atoms with Crippen molar-refractivity contribution in [2.75, 3.05) is 0 Å². The molecule has 0 heterocycles. The SMILES string of the molecule is C[C@]1(C#N)CCC(=O)C1. The predicted molar refractivity (Wildman–Crippen MR) is 32.6 cm³/mol. The van der Waals surface area contributed by atoms with Crippen LogP contribution in [0.5, 0.6) is 0 Å². The van der Waals surface area contributed by atoms with Crippen molar-refractivity contribution in [1.29, 1.82) is 5.26 Å². The highest BCUT2D eigenvalue weighted by atomic mass is 16.1. The number of ketones is 1. The highest BCUT2D eigenvalue weighted by Crippen LogP contribution is 2.33. The summed E-state index contributed by atoms with van der Waals surface area (Å²) in [6.07, 6.45) is 1.82. The maximum absolute atomic E-state index is 10.7. The van der Waals surface area contributed by atoms with Crippen LogP contribution in [-0.2, 0) is 4.79 Å². The summed E-state index contributed by atoms with van der Waals surface area (Å²) in [5.41, 5.74) is -0.336. The molecule has 1 aliphatic carbocycles. The molecule has 0 unspecified atom stereocenters. The third kappa shape index (κ3) is 1.10. The molecule has 0 amide bonds. The largest absolute Gasteiger partial charge is 0.300 e. The van der Waals surface area contributed by atoms with Gasteiger partial charge in [-0.3, -0.25) is 4.79 Å². The zero-order chi connectivity index (χ0) is 6.91. The molecule has 9 heavy (non-hydrogen) atoms. The smallest absolute Gasteiger partial charge is 0.134 e. The van der Waals surface area contributed by atoms with Crippen molar-refractivity contribution in [3.05, 3.63) is 0 Å². The lowest BCUT2D eigenvalue weighted by molar-refractivity contribution is -0.117. The second-order valence-corrected chi connectivity index (χ2v) is 2.89. The molecule has 0 N–H and O–H groups in total. The van der Waals surface area contributed by atoms with Gasteiger partial charge in [0.15, 0.2) is 0 Å². The molecule has 0 aliphatic heterocycles. The Balaban J connectivity index is 2.68. The summed E-state index contributed by atoms with van der Waals surface area (Å²) >= 11 is 0. The normalized spacial score (nSPS) is 34.4. The molecule has 48 valence electrons. The second kappa shape index (κ2) is 1.84. The number of carbonyl (C=O) groups excluding carboxylic acids is 1. The van der Waals surface area contributed by atoms with Crippen LogP contribution in [0.4, 0.5) is 0 Å². The van der Waals surface area contributed by atoms with E-state index in [1.807, 2.05) is 6.92 Å². The van der Waals surface area contributed by atoms with E-state index in [2.05, 4.69) is 6.07 Å². The lowest BCUT2D eigenvalue weighted by Gasteiger charge is -2.08. The van der Waals surface area contributed by atoms with Crippen LogP contribution in [0.3, 0.4) is 0 Å². The Hall–Kier alpha value is -0.840. The molecule has 0 aromatic carbocycles. The molecule has 0 saturated heterocycles. The third-order valence-corrected chi connectivity index (χ3v) is 1.81. The van der Waals surface area contributed by atoms with Gasteiger partial charge in [-0.2, -0.15) is 5.26 Å². The van der Waals surface area contributed by atoms with Gasteiger partial charge in [-0.05, 0) is 13.3 Å². The van der Waals surface area contributed by atoms with Crippen LogP contribution in [0.15, 0.2) is 0 Å². The van der Waals surface area contributed by atoms with Crippen LogP contribution in [-0.4, -0.2) is 5.78 Å². The molecule has 1 rings (SSSR count). The van der Waals surface area contributed by atoms with Gasteiger partial charge in [0.05, 0.1) is 11.5 Å². The van der Waals surface area contributed by atoms with Crippen molar-refractivity contribution in [2.24, 2.45) is 5.41 Å². The predicted octanol–water partition coefficient (Wildman–Crippen LogP) is 1.27. The Kier molecular flexibility index (Phi) is 1.28. The van der Waals surface area contributed by atoms with E-state index in [9.17, 15) is 4.79 Å². The summed E-state index contributed by atoms with van der Waals surface area (Å²) in [5, 5.41) is 8.54. The lowest BCUT2D eigenvalue weighted by atomic mass is 9.91. The van der Waals surface area contributed by atoms with E-state index in [0.717, 1.165) is 6.42 Å². The van der Waals surface area contributed by atoms with E-state index >= 15 is 0 Å². The Labute approximate surface area is 54.5 Å². The van der Waals surface area contributed by atoms with Crippen molar-refractivity contribution in [2.45, 2.75) is 26.2 Å². The van der Waals surface area contributed by atoms with Gasteiger partial charge in [-0.15, -0.1) is 0 Å². The highest BCUT2D eigenvalue weighted by molar-refractivity contribution is 5.81. The van der Waals surface area contributed by atoms with Crippen LogP contribution >= 0.6 is 0 Å². The Bertz CT molecular complexity index is 180. The summed E-state index contributed by atoms with van der Waals surface area (Å²) in [7, 11) is 0. The van der Waals surface area contributed by atoms with E-state index in [4.69, 9.17) is 5.26 Å². The van der Waals surface area contributed by atoms with Crippen LogP contribution in [0.25, 0.3) is 0 Å². The van der Waals surface area contributed by atoms with Gasteiger partial charge in [0.2, 0.25) is 0 Å². The monoisotopic (exact) mass is 123 g/mol. The summed E-state index contributed by atoms with van der Waals surface area (Å²) in [5.74, 6) is 0.235. The standard InChI is InChI=1S/C7H9NO/c1-7(5-8)3-2-6(9)4-7/h2-4H2,1H3/t7-/m0/s1. The molecule has 1 aliphatic rings. The molecule has 1 saturated carbocycles. The van der Waals surface area contributed by atoms with Gasteiger partial charge in [-0.1, -0.05) is 0 Å². The second-order valence-electron chi connectivity index (χ2n) is 2.89. The highest BCUT2D eigenvalue weighted by Gasteiger charge is 2.33. The van der Waals surface area contributed by atoms with Gasteiger partial charge in [0, 0.05) is 12.8 Å². The van der Waals surface area contributed by atoms with E-state index in [1.165, 1.54) is 0 Å². The van der Waals surface area contributed by atoms with Crippen molar-refractivity contribution in [3.63, 3.8) is 0 Å². The van der Waals surface area contributed by atoms with E-state index in [-0.39, 0.29) is 11.2 Å². The number of rotatable bonds is 0.